The Bertz CT molecular complexity index is 527. The fourth-order valence-electron chi connectivity index (χ4n) is 3.39. The standard InChI is InChI=1S/C16H21N3O2/c20-16(19-8-9-21-14-3-1-2-13(14)19)11-4-7-15(17-10-11)18-12-5-6-12/h4,7,10,12-14H,1-3,5-6,8-9H2,(H,17,18)/t13-,14+/m0/s1. The van der Waals surface area contributed by atoms with E-state index in [1.807, 2.05) is 17.0 Å². The normalized spacial score (nSPS) is 28.3. The van der Waals surface area contributed by atoms with Crippen molar-refractivity contribution in [3.05, 3.63) is 23.9 Å². The van der Waals surface area contributed by atoms with Gasteiger partial charge in [0, 0.05) is 18.8 Å². The molecule has 1 aliphatic heterocycles. The monoisotopic (exact) mass is 287 g/mol. The molecule has 2 atom stereocenters. The first-order valence-electron chi connectivity index (χ1n) is 7.96. The highest BCUT2D eigenvalue weighted by molar-refractivity contribution is 5.94. The summed E-state index contributed by atoms with van der Waals surface area (Å²) in [5.41, 5.74) is 0.684. The van der Waals surface area contributed by atoms with E-state index in [1.54, 1.807) is 6.20 Å². The van der Waals surface area contributed by atoms with Crippen LogP contribution in [0.2, 0.25) is 0 Å². The molecule has 21 heavy (non-hydrogen) atoms. The number of nitrogens with one attached hydrogen (secondary N) is 1. The maximum absolute atomic E-state index is 12.7. The number of hydrogen-bond donors (Lipinski definition) is 1. The fourth-order valence-corrected chi connectivity index (χ4v) is 3.39. The predicted molar refractivity (Wildman–Crippen MR) is 79.3 cm³/mol. The van der Waals surface area contributed by atoms with Crippen molar-refractivity contribution in [2.75, 3.05) is 18.5 Å². The first-order chi connectivity index (χ1) is 10.3. The summed E-state index contributed by atoms with van der Waals surface area (Å²) in [6.07, 6.45) is 7.68. The summed E-state index contributed by atoms with van der Waals surface area (Å²) in [7, 11) is 0. The summed E-state index contributed by atoms with van der Waals surface area (Å²) in [5.74, 6) is 0.968. The molecule has 5 nitrogen and oxygen atoms in total. The Kier molecular flexibility index (Phi) is 3.30. The summed E-state index contributed by atoms with van der Waals surface area (Å²) >= 11 is 0. The van der Waals surface area contributed by atoms with Crippen molar-refractivity contribution < 1.29 is 9.53 Å². The van der Waals surface area contributed by atoms with E-state index < -0.39 is 0 Å². The maximum Gasteiger partial charge on any atom is 0.255 e. The van der Waals surface area contributed by atoms with Crippen LogP contribution in [-0.2, 0) is 4.74 Å². The molecule has 4 rings (SSSR count). The second kappa shape index (κ2) is 5.30. The van der Waals surface area contributed by atoms with Gasteiger partial charge in [-0.3, -0.25) is 4.79 Å². The van der Waals surface area contributed by atoms with E-state index in [0.717, 1.165) is 25.1 Å². The molecule has 3 aliphatic rings. The molecular weight excluding hydrogens is 266 g/mol. The largest absolute Gasteiger partial charge is 0.374 e. The summed E-state index contributed by atoms with van der Waals surface area (Å²) in [6.45, 7) is 1.35. The van der Waals surface area contributed by atoms with Crippen molar-refractivity contribution in [1.82, 2.24) is 9.88 Å². The van der Waals surface area contributed by atoms with Crippen LogP contribution in [0, 0.1) is 0 Å². The number of anilines is 1. The van der Waals surface area contributed by atoms with E-state index in [4.69, 9.17) is 4.74 Å². The minimum Gasteiger partial charge on any atom is -0.374 e. The highest BCUT2D eigenvalue weighted by Crippen LogP contribution is 2.30. The van der Waals surface area contributed by atoms with Crippen LogP contribution in [0.5, 0.6) is 0 Å². The lowest BCUT2D eigenvalue weighted by atomic mass is 10.1. The van der Waals surface area contributed by atoms with Crippen LogP contribution < -0.4 is 5.32 Å². The van der Waals surface area contributed by atoms with Crippen molar-refractivity contribution in [2.24, 2.45) is 0 Å². The molecule has 2 aliphatic carbocycles. The molecule has 0 bridgehead atoms. The zero-order chi connectivity index (χ0) is 14.2. The summed E-state index contributed by atoms with van der Waals surface area (Å²) in [4.78, 5) is 19.1. The number of hydrogen-bond acceptors (Lipinski definition) is 4. The molecule has 0 radical (unpaired) electrons. The van der Waals surface area contributed by atoms with E-state index in [-0.39, 0.29) is 18.1 Å². The van der Waals surface area contributed by atoms with Gasteiger partial charge < -0.3 is 15.0 Å². The summed E-state index contributed by atoms with van der Waals surface area (Å²) in [6, 6.07) is 4.64. The van der Waals surface area contributed by atoms with Gasteiger partial charge in [0.2, 0.25) is 0 Å². The van der Waals surface area contributed by atoms with Gasteiger partial charge in [-0.15, -0.1) is 0 Å². The van der Waals surface area contributed by atoms with Crippen LogP contribution in [0.3, 0.4) is 0 Å². The summed E-state index contributed by atoms with van der Waals surface area (Å²) in [5, 5.41) is 3.34. The van der Waals surface area contributed by atoms with Gasteiger partial charge in [0.15, 0.2) is 0 Å². The molecule has 2 heterocycles. The van der Waals surface area contributed by atoms with Crippen molar-refractivity contribution in [3.63, 3.8) is 0 Å². The fraction of sp³-hybridized carbons (Fsp3) is 0.625. The molecule has 3 fully saturated rings. The smallest absolute Gasteiger partial charge is 0.255 e. The minimum absolute atomic E-state index is 0.0978. The number of fused-ring (bicyclic) bond motifs is 1. The topological polar surface area (TPSA) is 54.5 Å². The molecule has 1 saturated heterocycles. The maximum atomic E-state index is 12.7. The third-order valence-corrected chi connectivity index (χ3v) is 4.68. The van der Waals surface area contributed by atoms with Crippen LogP contribution in [0.25, 0.3) is 0 Å². The number of carbonyl (C=O) groups is 1. The molecule has 1 aromatic heterocycles. The predicted octanol–water partition coefficient (Wildman–Crippen LogP) is 2.05. The second-order valence-electron chi connectivity index (χ2n) is 6.26. The van der Waals surface area contributed by atoms with Crippen molar-refractivity contribution in [3.8, 4) is 0 Å². The SMILES string of the molecule is O=C(c1ccc(NC2CC2)nc1)N1CCO[C@@H]2CCC[C@@H]21. The highest BCUT2D eigenvalue weighted by Gasteiger charge is 2.38. The molecule has 1 N–H and O–H groups in total. The molecule has 0 unspecified atom stereocenters. The third-order valence-electron chi connectivity index (χ3n) is 4.68. The second-order valence-corrected chi connectivity index (χ2v) is 6.26. The Hall–Kier alpha value is -1.62. The lowest BCUT2D eigenvalue weighted by Crippen LogP contribution is -2.51. The number of nitrogens with zero attached hydrogens (tertiary/aromatic N) is 2. The van der Waals surface area contributed by atoms with Gasteiger partial charge in [-0.1, -0.05) is 0 Å². The van der Waals surface area contributed by atoms with Crippen LogP contribution in [-0.4, -0.2) is 47.1 Å². The van der Waals surface area contributed by atoms with Crippen molar-refractivity contribution >= 4 is 11.7 Å². The first-order valence-corrected chi connectivity index (χ1v) is 7.96. The third kappa shape index (κ3) is 2.62. The Morgan fingerprint density at radius 2 is 2.19 bits per heavy atom. The van der Waals surface area contributed by atoms with Crippen LogP contribution in [0.15, 0.2) is 18.3 Å². The Balaban J connectivity index is 1.47. The molecule has 112 valence electrons. The lowest BCUT2D eigenvalue weighted by Gasteiger charge is -2.37. The van der Waals surface area contributed by atoms with E-state index >= 15 is 0 Å². The molecule has 1 amide bonds. The Morgan fingerprint density at radius 3 is 2.95 bits per heavy atom. The molecular formula is C16H21N3O2. The zero-order valence-corrected chi connectivity index (χ0v) is 12.1. The van der Waals surface area contributed by atoms with E-state index in [2.05, 4.69) is 10.3 Å². The zero-order valence-electron chi connectivity index (χ0n) is 12.1. The van der Waals surface area contributed by atoms with Gasteiger partial charge in [0.25, 0.3) is 5.91 Å². The number of ether oxygens (including phenoxy) is 1. The van der Waals surface area contributed by atoms with Crippen molar-refractivity contribution in [2.45, 2.75) is 50.3 Å². The van der Waals surface area contributed by atoms with E-state index in [9.17, 15) is 4.79 Å². The van der Waals surface area contributed by atoms with Crippen LogP contribution >= 0.6 is 0 Å². The Morgan fingerprint density at radius 1 is 1.29 bits per heavy atom. The molecule has 0 spiro atoms. The van der Waals surface area contributed by atoms with Crippen molar-refractivity contribution in [1.29, 1.82) is 0 Å². The quantitative estimate of drug-likeness (QED) is 0.924. The van der Waals surface area contributed by atoms with Gasteiger partial charge in [-0.2, -0.15) is 0 Å². The minimum atomic E-state index is 0.0978. The first kappa shape index (κ1) is 13.1. The number of amides is 1. The molecule has 1 aromatic rings. The number of aromatic nitrogens is 1. The highest BCUT2D eigenvalue weighted by atomic mass is 16.5. The number of carbonyl (C=O) groups excluding carboxylic acids is 1. The molecule has 0 aromatic carbocycles. The Labute approximate surface area is 124 Å². The van der Waals surface area contributed by atoms with Gasteiger partial charge in [0.05, 0.1) is 24.3 Å². The molecule has 5 heteroatoms. The van der Waals surface area contributed by atoms with E-state index in [1.165, 1.54) is 12.8 Å². The number of pyridine rings is 1. The lowest BCUT2D eigenvalue weighted by molar-refractivity contribution is -0.0445. The van der Waals surface area contributed by atoms with Crippen LogP contribution in [0.4, 0.5) is 5.82 Å². The average Bonchev–Trinajstić information content (AvgIpc) is 3.20. The average molecular weight is 287 g/mol. The van der Waals surface area contributed by atoms with Gasteiger partial charge in [-0.05, 0) is 44.2 Å². The number of rotatable bonds is 3. The van der Waals surface area contributed by atoms with E-state index in [0.29, 0.717) is 24.8 Å². The molecule has 2 saturated carbocycles. The number of morpholine rings is 1. The van der Waals surface area contributed by atoms with Gasteiger partial charge >= 0.3 is 0 Å². The van der Waals surface area contributed by atoms with Gasteiger partial charge in [-0.25, -0.2) is 4.98 Å². The summed E-state index contributed by atoms with van der Waals surface area (Å²) < 4.78 is 5.77. The van der Waals surface area contributed by atoms with Gasteiger partial charge in [0.1, 0.15) is 5.82 Å². The van der Waals surface area contributed by atoms with Crippen LogP contribution in [0.1, 0.15) is 42.5 Å².